The summed E-state index contributed by atoms with van der Waals surface area (Å²) in [7, 11) is 1.59. The second-order valence-corrected chi connectivity index (χ2v) is 8.49. The monoisotopic (exact) mass is 491 g/mol. The molecule has 3 N–H and O–H groups in total. The highest BCUT2D eigenvalue weighted by Gasteiger charge is 2.22. The molecule has 0 unspecified atom stereocenters. The summed E-state index contributed by atoms with van der Waals surface area (Å²) in [6.07, 6.45) is 0. The van der Waals surface area contributed by atoms with Crippen LogP contribution in [0.25, 0.3) is 10.9 Å². The molecule has 0 aliphatic carbocycles. The number of hydrogen-bond acceptors (Lipinski definition) is 7. The van der Waals surface area contributed by atoms with Crippen molar-refractivity contribution in [2.24, 2.45) is 0 Å². The summed E-state index contributed by atoms with van der Waals surface area (Å²) in [5.74, 6) is -0.818. The number of rotatable bonds is 9. The van der Waals surface area contributed by atoms with Crippen LogP contribution in [0.15, 0.2) is 54.6 Å². The number of fused-ring (bicyclic) bond motifs is 1. The average Bonchev–Trinajstić information content (AvgIpc) is 2.89. The minimum absolute atomic E-state index is 0.0485. The van der Waals surface area contributed by atoms with Crippen molar-refractivity contribution in [3.8, 4) is 0 Å². The average molecular weight is 492 g/mol. The first-order valence-corrected chi connectivity index (χ1v) is 11.7. The number of ether oxygens (including phenoxy) is 1. The van der Waals surface area contributed by atoms with E-state index in [1.807, 2.05) is 11.0 Å². The Labute approximate surface area is 208 Å². The van der Waals surface area contributed by atoms with Crippen LogP contribution >= 0.6 is 0 Å². The smallest absolute Gasteiger partial charge is 0.336 e. The molecular weight excluding hydrogens is 462 g/mol. The fourth-order valence-corrected chi connectivity index (χ4v) is 4.11. The predicted octanol–water partition coefficient (Wildman–Crippen LogP) is 2.07. The number of carbonyl (C=O) groups is 3. The third kappa shape index (κ3) is 6.15. The minimum Gasteiger partial charge on any atom is -0.478 e. The second kappa shape index (κ2) is 11.6. The lowest BCUT2D eigenvalue weighted by Gasteiger charge is -2.35. The number of aromatic carboxylic acids is 1. The maximum Gasteiger partial charge on any atom is 0.336 e. The van der Waals surface area contributed by atoms with Crippen molar-refractivity contribution in [3.05, 3.63) is 65.7 Å². The molecule has 1 saturated heterocycles. The van der Waals surface area contributed by atoms with Gasteiger partial charge in [0.15, 0.2) is 0 Å². The summed E-state index contributed by atoms with van der Waals surface area (Å²) in [5.41, 5.74) is 1.65. The van der Waals surface area contributed by atoms with Crippen LogP contribution < -0.4 is 15.5 Å². The van der Waals surface area contributed by atoms with E-state index in [0.29, 0.717) is 73.8 Å². The van der Waals surface area contributed by atoms with Gasteiger partial charge in [0.25, 0.3) is 5.91 Å². The van der Waals surface area contributed by atoms with Gasteiger partial charge in [0.2, 0.25) is 5.91 Å². The lowest BCUT2D eigenvalue weighted by Crippen LogP contribution is -2.50. The van der Waals surface area contributed by atoms with Crippen molar-refractivity contribution in [1.82, 2.24) is 15.2 Å². The van der Waals surface area contributed by atoms with Gasteiger partial charge < -0.3 is 25.4 Å². The molecule has 2 amide bonds. The van der Waals surface area contributed by atoms with Crippen LogP contribution in [0.3, 0.4) is 0 Å². The number of anilines is 2. The lowest BCUT2D eigenvalue weighted by atomic mass is 10.1. The SMILES string of the molecule is COCCNC(=O)CN1CCN(c2cc(C(=O)O)c3cc(NC(=O)c4ccccc4)ccc3n2)CC1. The molecule has 1 aliphatic rings. The molecular formula is C26H29N5O5. The summed E-state index contributed by atoms with van der Waals surface area (Å²) in [6.45, 7) is 3.81. The molecule has 188 valence electrons. The van der Waals surface area contributed by atoms with Crippen molar-refractivity contribution in [3.63, 3.8) is 0 Å². The van der Waals surface area contributed by atoms with Crippen molar-refractivity contribution < 1.29 is 24.2 Å². The van der Waals surface area contributed by atoms with Crippen LogP contribution in [0.1, 0.15) is 20.7 Å². The Kier molecular flexibility index (Phi) is 8.09. The quantitative estimate of drug-likeness (QED) is 0.389. The Hall–Kier alpha value is -4.02. The van der Waals surface area contributed by atoms with Gasteiger partial charge in [0.1, 0.15) is 5.82 Å². The standard InChI is InChI=1S/C26H29N5O5/c1-36-14-9-27-24(32)17-30-10-12-31(13-11-30)23-16-21(26(34)35)20-15-19(7-8-22(20)29-23)28-25(33)18-5-3-2-4-6-18/h2-8,15-16H,9-14,17H2,1H3,(H,27,32)(H,28,33)(H,34,35). The number of pyridine rings is 1. The molecule has 0 atom stereocenters. The Morgan fingerprint density at radius 3 is 2.47 bits per heavy atom. The summed E-state index contributed by atoms with van der Waals surface area (Å²) in [6, 6.07) is 15.4. The normalized spacial score (nSPS) is 14.0. The number of benzene rings is 2. The van der Waals surface area contributed by atoms with E-state index < -0.39 is 5.97 Å². The number of carbonyl (C=O) groups excluding carboxylic acids is 2. The molecule has 1 fully saturated rings. The first kappa shape index (κ1) is 25.1. The van der Waals surface area contributed by atoms with E-state index in [1.165, 1.54) is 0 Å². The molecule has 0 spiro atoms. The van der Waals surface area contributed by atoms with E-state index in [-0.39, 0.29) is 17.4 Å². The number of hydrogen-bond donors (Lipinski definition) is 3. The van der Waals surface area contributed by atoms with Crippen LogP contribution in [0, 0.1) is 0 Å². The highest BCUT2D eigenvalue weighted by molar-refractivity contribution is 6.08. The molecule has 1 aromatic heterocycles. The van der Waals surface area contributed by atoms with Gasteiger partial charge >= 0.3 is 5.97 Å². The van der Waals surface area contributed by atoms with Crippen LogP contribution in [0.5, 0.6) is 0 Å². The lowest BCUT2D eigenvalue weighted by molar-refractivity contribution is -0.122. The number of amides is 2. The van der Waals surface area contributed by atoms with Crippen LogP contribution in [-0.4, -0.2) is 85.8 Å². The van der Waals surface area contributed by atoms with Crippen molar-refractivity contribution in [2.75, 3.05) is 63.2 Å². The Balaban J connectivity index is 1.46. The van der Waals surface area contributed by atoms with Crippen molar-refractivity contribution in [2.45, 2.75) is 0 Å². The highest BCUT2D eigenvalue weighted by atomic mass is 16.5. The van der Waals surface area contributed by atoms with Gasteiger partial charge in [0.05, 0.1) is 24.2 Å². The molecule has 2 aromatic carbocycles. The maximum absolute atomic E-state index is 12.5. The van der Waals surface area contributed by atoms with E-state index in [0.717, 1.165) is 0 Å². The zero-order valence-electron chi connectivity index (χ0n) is 20.1. The molecule has 3 aromatic rings. The second-order valence-electron chi connectivity index (χ2n) is 8.49. The number of methoxy groups -OCH3 is 1. The van der Waals surface area contributed by atoms with Gasteiger partial charge in [-0.25, -0.2) is 9.78 Å². The Morgan fingerprint density at radius 1 is 1.03 bits per heavy atom. The largest absolute Gasteiger partial charge is 0.478 e. The molecule has 1 aliphatic heterocycles. The summed E-state index contributed by atoms with van der Waals surface area (Å²) in [5, 5.41) is 16.0. The molecule has 2 heterocycles. The van der Waals surface area contributed by atoms with E-state index in [2.05, 4.69) is 15.5 Å². The number of nitrogens with one attached hydrogen (secondary N) is 2. The molecule has 0 saturated carbocycles. The fraction of sp³-hybridized carbons (Fsp3) is 0.308. The van der Waals surface area contributed by atoms with Crippen molar-refractivity contribution >= 4 is 40.2 Å². The Morgan fingerprint density at radius 2 is 1.78 bits per heavy atom. The van der Waals surface area contributed by atoms with Crippen LogP contribution in [0.4, 0.5) is 11.5 Å². The fourth-order valence-electron chi connectivity index (χ4n) is 4.11. The number of carboxylic acids is 1. The topological polar surface area (TPSA) is 124 Å². The van der Waals surface area contributed by atoms with E-state index in [9.17, 15) is 19.5 Å². The third-order valence-corrected chi connectivity index (χ3v) is 6.01. The Bertz CT molecular complexity index is 1240. The highest BCUT2D eigenvalue weighted by Crippen LogP contribution is 2.27. The van der Waals surface area contributed by atoms with Crippen LogP contribution in [-0.2, 0) is 9.53 Å². The summed E-state index contributed by atoms with van der Waals surface area (Å²) >= 11 is 0. The van der Waals surface area contributed by atoms with Crippen LogP contribution in [0.2, 0.25) is 0 Å². The van der Waals surface area contributed by atoms with E-state index in [1.54, 1.807) is 55.6 Å². The van der Waals surface area contributed by atoms with Gasteiger partial charge in [0, 0.05) is 56.5 Å². The maximum atomic E-state index is 12.5. The molecule has 10 nitrogen and oxygen atoms in total. The first-order chi connectivity index (χ1) is 17.4. The molecule has 0 bridgehead atoms. The van der Waals surface area contributed by atoms with Gasteiger partial charge in [-0.2, -0.15) is 0 Å². The van der Waals surface area contributed by atoms with Gasteiger partial charge in [-0.15, -0.1) is 0 Å². The summed E-state index contributed by atoms with van der Waals surface area (Å²) < 4.78 is 4.94. The predicted molar refractivity (Wildman–Crippen MR) is 137 cm³/mol. The molecule has 10 heteroatoms. The van der Waals surface area contributed by atoms with E-state index >= 15 is 0 Å². The molecule has 4 rings (SSSR count). The zero-order chi connectivity index (χ0) is 25.5. The number of carboxylic acid groups (broad SMARTS) is 1. The van der Waals surface area contributed by atoms with Gasteiger partial charge in [-0.05, 0) is 36.4 Å². The van der Waals surface area contributed by atoms with Crippen molar-refractivity contribution in [1.29, 1.82) is 0 Å². The van der Waals surface area contributed by atoms with Gasteiger partial charge in [-0.1, -0.05) is 18.2 Å². The molecule has 0 radical (unpaired) electrons. The van der Waals surface area contributed by atoms with E-state index in [4.69, 9.17) is 9.72 Å². The number of piperazine rings is 1. The number of nitrogens with zero attached hydrogens (tertiary/aromatic N) is 3. The first-order valence-electron chi connectivity index (χ1n) is 11.7. The summed E-state index contributed by atoms with van der Waals surface area (Å²) in [4.78, 5) is 45.4. The zero-order valence-corrected chi connectivity index (χ0v) is 20.1. The third-order valence-electron chi connectivity index (χ3n) is 6.01. The van der Waals surface area contributed by atoms with Gasteiger partial charge in [-0.3, -0.25) is 14.5 Å². The number of aromatic nitrogens is 1. The minimum atomic E-state index is -1.07. The molecule has 36 heavy (non-hydrogen) atoms.